The average Bonchev–Trinajstić information content (AvgIpc) is 3.03. The molecule has 1 aliphatic heterocycles. The van der Waals surface area contributed by atoms with Gasteiger partial charge in [-0.15, -0.1) is 0 Å². The first kappa shape index (κ1) is 22.7. The van der Waals surface area contributed by atoms with E-state index < -0.39 is 17.7 Å². The number of aliphatic hydroxyl groups excluding tert-OH is 1. The van der Waals surface area contributed by atoms with Crippen molar-refractivity contribution in [2.45, 2.75) is 12.5 Å². The zero-order valence-corrected chi connectivity index (χ0v) is 18.3. The van der Waals surface area contributed by atoms with Crippen LogP contribution in [0.1, 0.15) is 23.6 Å². The van der Waals surface area contributed by atoms with Gasteiger partial charge in [0.05, 0.1) is 31.4 Å². The second-order valence-electron chi connectivity index (χ2n) is 6.93. The number of methoxy groups -OCH3 is 3. The van der Waals surface area contributed by atoms with Gasteiger partial charge in [0.1, 0.15) is 17.3 Å². The monoisotopic (exact) mass is 445 g/mol. The van der Waals surface area contributed by atoms with Crippen molar-refractivity contribution in [1.82, 2.24) is 4.90 Å². The SMILES string of the molecule is COCCCN1C(=O)C(=O)/C(=C(/O)c2cc(Cl)ccc2OC)C1c1ccccc1OC. The van der Waals surface area contributed by atoms with Gasteiger partial charge in [-0.3, -0.25) is 9.59 Å². The van der Waals surface area contributed by atoms with E-state index in [1.807, 2.05) is 0 Å². The summed E-state index contributed by atoms with van der Waals surface area (Å²) in [5.41, 5.74) is 0.765. The molecule has 1 unspecified atom stereocenters. The molecule has 0 radical (unpaired) electrons. The van der Waals surface area contributed by atoms with Crippen LogP contribution in [0.25, 0.3) is 5.76 Å². The third kappa shape index (κ3) is 4.38. The zero-order chi connectivity index (χ0) is 22.5. The number of rotatable bonds is 8. The highest BCUT2D eigenvalue weighted by Crippen LogP contribution is 2.44. The molecule has 1 atom stereocenters. The summed E-state index contributed by atoms with van der Waals surface area (Å²) in [5.74, 6) is -1.02. The highest BCUT2D eigenvalue weighted by atomic mass is 35.5. The number of aliphatic hydroxyl groups is 1. The molecule has 31 heavy (non-hydrogen) atoms. The van der Waals surface area contributed by atoms with Crippen molar-refractivity contribution >= 4 is 29.1 Å². The maximum Gasteiger partial charge on any atom is 0.295 e. The quantitative estimate of drug-likeness (QED) is 0.288. The third-order valence-electron chi connectivity index (χ3n) is 5.14. The molecule has 8 heteroatoms. The molecule has 3 rings (SSSR count). The molecule has 1 N–H and O–H groups in total. The zero-order valence-electron chi connectivity index (χ0n) is 17.6. The lowest BCUT2D eigenvalue weighted by atomic mass is 9.94. The van der Waals surface area contributed by atoms with Gasteiger partial charge in [-0.25, -0.2) is 0 Å². The lowest BCUT2D eigenvalue weighted by Crippen LogP contribution is -2.31. The van der Waals surface area contributed by atoms with Crippen molar-refractivity contribution in [3.05, 3.63) is 64.2 Å². The first-order valence-corrected chi connectivity index (χ1v) is 10.1. The van der Waals surface area contributed by atoms with E-state index in [1.54, 1.807) is 43.5 Å². The number of hydrogen-bond donors (Lipinski definition) is 1. The molecule has 0 aliphatic carbocycles. The van der Waals surface area contributed by atoms with Crippen LogP contribution in [0.4, 0.5) is 0 Å². The smallest absolute Gasteiger partial charge is 0.295 e. The Morgan fingerprint density at radius 3 is 2.45 bits per heavy atom. The second-order valence-corrected chi connectivity index (χ2v) is 7.36. The summed E-state index contributed by atoms with van der Waals surface area (Å²) < 4.78 is 15.9. The Morgan fingerprint density at radius 2 is 1.77 bits per heavy atom. The van der Waals surface area contributed by atoms with E-state index in [0.29, 0.717) is 35.1 Å². The first-order chi connectivity index (χ1) is 14.9. The van der Waals surface area contributed by atoms with Crippen LogP contribution in [0.15, 0.2) is 48.0 Å². The molecule has 0 aromatic heterocycles. The summed E-state index contributed by atoms with van der Waals surface area (Å²) in [5, 5.41) is 11.6. The van der Waals surface area contributed by atoms with Gasteiger partial charge >= 0.3 is 0 Å². The van der Waals surface area contributed by atoms with Gasteiger partial charge in [-0.05, 0) is 30.7 Å². The number of hydrogen-bond acceptors (Lipinski definition) is 6. The van der Waals surface area contributed by atoms with Crippen LogP contribution in [0.5, 0.6) is 11.5 Å². The molecule has 1 aliphatic rings. The van der Waals surface area contributed by atoms with Crippen molar-refractivity contribution in [1.29, 1.82) is 0 Å². The largest absolute Gasteiger partial charge is 0.507 e. The molecule has 1 heterocycles. The number of likely N-dealkylation sites (tertiary alicyclic amines) is 1. The van der Waals surface area contributed by atoms with Crippen LogP contribution in [0.2, 0.25) is 5.02 Å². The predicted octanol–water partition coefficient (Wildman–Crippen LogP) is 3.82. The van der Waals surface area contributed by atoms with Crippen molar-refractivity contribution < 1.29 is 28.9 Å². The Balaban J connectivity index is 2.23. The molecule has 0 spiro atoms. The Morgan fingerprint density at radius 1 is 1.06 bits per heavy atom. The highest BCUT2D eigenvalue weighted by molar-refractivity contribution is 6.46. The third-order valence-corrected chi connectivity index (χ3v) is 5.37. The van der Waals surface area contributed by atoms with Gasteiger partial charge in [-0.1, -0.05) is 29.8 Å². The minimum atomic E-state index is -0.836. The number of Topliss-reactive ketones (excluding diaryl/α,β-unsaturated/α-hetero) is 1. The van der Waals surface area contributed by atoms with Gasteiger partial charge in [0, 0.05) is 30.8 Å². The topological polar surface area (TPSA) is 85.3 Å². The molecular weight excluding hydrogens is 422 g/mol. The minimum absolute atomic E-state index is 0.0486. The van der Waals surface area contributed by atoms with Gasteiger partial charge in [0.25, 0.3) is 11.7 Å². The van der Waals surface area contributed by atoms with Crippen molar-refractivity contribution in [3.63, 3.8) is 0 Å². The van der Waals surface area contributed by atoms with E-state index in [-0.39, 0.29) is 23.4 Å². The summed E-state index contributed by atoms with van der Waals surface area (Å²) >= 11 is 6.12. The van der Waals surface area contributed by atoms with Gasteiger partial charge in [0.15, 0.2) is 0 Å². The number of halogens is 1. The van der Waals surface area contributed by atoms with Crippen LogP contribution >= 0.6 is 11.6 Å². The molecule has 2 aromatic rings. The van der Waals surface area contributed by atoms with Gasteiger partial charge in [0.2, 0.25) is 0 Å². The fourth-order valence-electron chi connectivity index (χ4n) is 3.72. The van der Waals surface area contributed by atoms with Crippen LogP contribution in [0, 0.1) is 0 Å². The standard InChI is InChI=1S/C23H24ClNO6/c1-29-12-6-11-25-20(15-7-4-5-8-17(15)30-2)19(22(27)23(25)28)21(26)16-13-14(24)9-10-18(16)31-3/h4-5,7-10,13,20,26H,6,11-12H2,1-3H3/b21-19+. The van der Waals surface area contributed by atoms with Crippen molar-refractivity contribution in [2.24, 2.45) is 0 Å². The predicted molar refractivity (Wildman–Crippen MR) is 117 cm³/mol. The van der Waals surface area contributed by atoms with Crippen molar-refractivity contribution in [2.75, 3.05) is 34.5 Å². The molecule has 0 saturated carbocycles. The molecule has 1 fully saturated rings. The van der Waals surface area contributed by atoms with E-state index in [4.69, 9.17) is 25.8 Å². The number of carbonyl (C=O) groups excluding carboxylic acids is 2. The van der Waals surface area contributed by atoms with Crippen molar-refractivity contribution in [3.8, 4) is 11.5 Å². The average molecular weight is 446 g/mol. The Kier molecular flexibility index (Phi) is 7.20. The Labute approximate surface area is 185 Å². The summed E-state index contributed by atoms with van der Waals surface area (Å²) in [6.07, 6.45) is 0.524. The van der Waals surface area contributed by atoms with Gasteiger partial charge in [-0.2, -0.15) is 0 Å². The van der Waals surface area contributed by atoms with E-state index in [0.717, 1.165) is 0 Å². The lowest BCUT2D eigenvalue weighted by molar-refractivity contribution is -0.140. The van der Waals surface area contributed by atoms with Gasteiger partial charge < -0.3 is 24.2 Å². The number of nitrogens with zero attached hydrogens (tertiary/aromatic N) is 1. The summed E-state index contributed by atoms with van der Waals surface area (Å²) in [7, 11) is 4.52. The summed E-state index contributed by atoms with van der Waals surface area (Å²) in [6, 6.07) is 10.9. The number of para-hydroxylation sites is 1. The lowest BCUT2D eigenvalue weighted by Gasteiger charge is -2.26. The normalized spacial score (nSPS) is 17.8. The number of amides is 1. The summed E-state index contributed by atoms with van der Waals surface area (Å²) in [4.78, 5) is 27.5. The van der Waals surface area contributed by atoms with E-state index >= 15 is 0 Å². The Bertz CT molecular complexity index is 1020. The molecule has 7 nitrogen and oxygen atoms in total. The fraction of sp³-hybridized carbons (Fsp3) is 0.304. The number of ether oxygens (including phenoxy) is 3. The summed E-state index contributed by atoms with van der Waals surface area (Å²) in [6.45, 7) is 0.689. The number of ketones is 1. The number of carbonyl (C=O) groups is 2. The van der Waals surface area contributed by atoms with E-state index in [2.05, 4.69) is 0 Å². The molecule has 164 valence electrons. The second kappa shape index (κ2) is 9.85. The van der Waals surface area contributed by atoms with Crippen LogP contribution in [-0.4, -0.2) is 56.2 Å². The molecule has 0 bridgehead atoms. The molecule has 1 saturated heterocycles. The molecule has 1 amide bonds. The maximum absolute atomic E-state index is 13.1. The highest BCUT2D eigenvalue weighted by Gasteiger charge is 2.47. The first-order valence-electron chi connectivity index (χ1n) is 9.68. The van der Waals surface area contributed by atoms with Crippen LogP contribution in [-0.2, 0) is 14.3 Å². The number of benzene rings is 2. The fourth-order valence-corrected chi connectivity index (χ4v) is 3.89. The molecular formula is C23H24ClNO6. The maximum atomic E-state index is 13.1. The van der Waals surface area contributed by atoms with E-state index in [1.165, 1.54) is 25.2 Å². The molecule has 2 aromatic carbocycles. The minimum Gasteiger partial charge on any atom is -0.507 e. The van der Waals surface area contributed by atoms with Crippen LogP contribution < -0.4 is 9.47 Å². The van der Waals surface area contributed by atoms with E-state index in [9.17, 15) is 14.7 Å². The Hall–Kier alpha value is -3.03. The van der Waals surface area contributed by atoms with Crippen LogP contribution in [0.3, 0.4) is 0 Å².